The Labute approximate surface area is 192 Å². The monoisotopic (exact) mass is 452 g/mol. The fraction of sp³-hybridized carbons (Fsp3) is 0.440. The zero-order chi connectivity index (χ0) is 22.2. The standard InChI is InChI=1S/C25H28N2O4S/c1-16-3-5-20(11-17(16)2)27-14-19(13-24(27)28)25(29)26-8-7-23(32-10-9-26)18-4-6-21-22(12-18)31-15-30-21/h3-6,11-12,19,23H,7-10,13-15H2,1-2H3. The summed E-state index contributed by atoms with van der Waals surface area (Å²) < 4.78 is 10.9. The number of hydrogen-bond acceptors (Lipinski definition) is 5. The topological polar surface area (TPSA) is 59.1 Å². The Hall–Kier alpha value is -2.67. The van der Waals surface area contributed by atoms with Crippen LogP contribution in [0.5, 0.6) is 11.5 Å². The van der Waals surface area contributed by atoms with Crippen LogP contribution in [-0.4, -0.2) is 48.9 Å². The molecule has 0 aliphatic carbocycles. The summed E-state index contributed by atoms with van der Waals surface area (Å²) in [5, 5.41) is 0.319. The van der Waals surface area contributed by atoms with E-state index >= 15 is 0 Å². The number of ether oxygens (including phenoxy) is 2. The molecule has 6 nitrogen and oxygen atoms in total. The number of carbonyl (C=O) groups excluding carboxylic acids is 2. The first kappa shape index (κ1) is 21.2. The number of fused-ring (bicyclic) bond motifs is 1. The maximum absolute atomic E-state index is 13.3. The molecular weight excluding hydrogens is 424 g/mol. The Kier molecular flexibility index (Phi) is 5.76. The first-order chi connectivity index (χ1) is 15.5. The lowest BCUT2D eigenvalue weighted by atomic mass is 10.1. The minimum atomic E-state index is -0.267. The molecule has 0 N–H and O–H groups in total. The summed E-state index contributed by atoms with van der Waals surface area (Å²) in [7, 11) is 0. The molecule has 2 aromatic carbocycles. The second-order valence-corrected chi connectivity index (χ2v) is 10.1. The lowest BCUT2D eigenvalue weighted by molar-refractivity contribution is -0.135. The Morgan fingerprint density at radius 3 is 2.72 bits per heavy atom. The predicted molar refractivity (Wildman–Crippen MR) is 125 cm³/mol. The zero-order valence-electron chi connectivity index (χ0n) is 18.5. The van der Waals surface area contributed by atoms with Crippen molar-refractivity contribution in [2.45, 2.75) is 31.9 Å². The van der Waals surface area contributed by atoms with E-state index in [0.717, 1.165) is 41.5 Å². The van der Waals surface area contributed by atoms with Gasteiger partial charge in [0.15, 0.2) is 11.5 Å². The van der Waals surface area contributed by atoms with E-state index in [2.05, 4.69) is 19.1 Å². The van der Waals surface area contributed by atoms with Crippen LogP contribution >= 0.6 is 11.8 Å². The minimum absolute atomic E-state index is 0.0361. The van der Waals surface area contributed by atoms with E-state index in [9.17, 15) is 9.59 Å². The van der Waals surface area contributed by atoms with Crippen molar-refractivity contribution in [2.75, 3.05) is 37.1 Å². The maximum Gasteiger partial charge on any atom is 0.231 e. The molecule has 0 bridgehead atoms. The molecule has 2 fully saturated rings. The SMILES string of the molecule is Cc1ccc(N2CC(C(=O)N3CCSC(c4ccc5c(c4)OCO5)CC3)CC2=O)cc1C. The molecule has 0 spiro atoms. The van der Waals surface area contributed by atoms with Crippen LogP contribution in [0.3, 0.4) is 0 Å². The summed E-state index contributed by atoms with van der Waals surface area (Å²) in [6, 6.07) is 12.2. The first-order valence-corrected chi connectivity index (χ1v) is 12.2. The summed E-state index contributed by atoms with van der Waals surface area (Å²) >= 11 is 1.88. The van der Waals surface area contributed by atoms with Crippen LogP contribution in [0, 0.1) is 19.8 Å². The first-order valence-electron chi connectivity index (χ1n) is 11.2. The van der Waals surface area contributed by atoms with E-state index in [1.54, 1.807) is 4.90 Å². The van der Waals surface area contributed by atoms with Gasteiger partial charge in [0.25, 0.3) is 0 Å². The van der Waals surface area contributed by atoms with Gasteiger partial charge in [0.1, 0.15) is 0 Å². The van der Waals surface area contributed by atoms with E-state index in [0.29, 0.717) is 24.8 Å². The van der Waals surface area contributed by atoms with Gasteiger partial charge in [-0.25, -0.2) is 0 Å². The number of carbonyl (C=O) groups is 2. The quantitative estimate of drug-likeness (QED) is 0.702. The summed E-state index contributed by atoms with van der Waals surface area (Å²) in [6.45, 7) is 6.28. The number of hydrogen-bond donors (Lipinski definition) is 0. The fourth-order valence-corrected chi connectivity index (χ4v) is 5.87. The van der Waals surface area contributed by atoms with Crippen molar-refractivity contribution in [3.63, 3.8) is 0 Å². The molecule has 32 heavy (non-hydrogen) atoms. The van der Waals surface area contributed by atoms with Gasteiger partial charge in [-0.2, -0.15) is 11.8 Å². The van der Waals surface area contributed by atoms with Crippen molar-refractivity contribution >= 4 is 29.3 Å². The molecular formula is C25H28N2O4S. The fourth-order valence-electron chi connectivity index (χ4n) is 4.64. The highest BCUT2D eigenvalue weighted by molar-refractivity contribution is 7.99. The number of nitrogens with zero attached hydrogens (tertiary/aromatic N) is 2. The van der Waals surface area contributed by atoms with Crippen molar-refractivity contribution in [1.29, 1.82) is 0 Å². The van der Waals surface area contributed by atoms with Crippen LogP contribution in [0.1, 0.15) is 34.8 Å². The van der Waals surface area contributed by atoms with Gasteiger partial charge < -0.3 is 19.3 Å². The van der Waals surface area contributed by atoms with Crippen molar-refractivity contribution < 1.29 is 19.1 Å². The molecule has 3 aliphatic heterocycles. The number of aryl methyl sites for hydroxylation is 2. The van der Waals surface area contributed by atoms with Crippen LogP contribution in [0.4, 0.5) is 5.69 Å². The van der Waals surface area contributed by atoms with Crippen LogP contribution < -0.4 is 14.4 Å². The molecule has 2 aromatic rings. The maximum atomic E-state index is 13.3. The summed E-state index contributed by atoms with van der Waals surface area (Å²) in [6.07, 6.45) is 1.18. The number of amides is 2. The molecule has 0 radical (unpaired) electrons. The largest absolute Gasteiger partial charge is 0.454 e. The molecule has 3 heterocycles. The molecule has 3 aliphatic rings. The Balaban J connectivity index is 1.23. The lowest BCUT2D eigenvalue weighted by Crippen LogP contribution is -2.38. The molecule has 5 rings (SSSR count). The van der Waals surface area contributed by atoms with E-state index in [4.69, 9.17) is 9.47 Å². The zero-order valence-corrected chi connectivity index (χ0v) is 19.3. The smallest absolute Gasteiger partial charge is 0.231 e. The molecule has 7 heteroatoms. The number of benzene rings is 2. The van der Waals surface area contributed by atoms with Gasteiger partial charge in [0, 0.05) is 42.7 Å². The third kappa shape index (κ3) is 4.06. The Morgan fingerprint density at radius 2 is 1.88 bits per heavy atom. The highest BCUT2D eigenvalue weighted by Crippen LogP contribution is 2.40. The normalized spacial score (nSPS) is 22.9. The molecule has 2 atom stereocenters. The number of rotatable bonds is 3. The van der Waals surface area contributed by atoms with Gasteiger partial charge >= 0.3 is 0 Å². The Bertz CT molecular complexity index is 1060. The molecule has 168 valence electrons. The Morgan fingerprint density at radius 1 is 1.03 bits per heavy atom. The number of anilines is 1. The van der Waals surface area contributed by atoms with Crippen molar-refractivity contribution in [3.05, 3.63) is 53.1 Å². The second kappa shape index (κ2) is 8.70. The van der Waals surface area contributed by atoms with Crippen LogP contribution in [-0.2, 0) is 9.59 Å². The number of thioether (sulfide) groups is 1. The third-order valence-electron chi connectivity index (χ3n) is 6.70. The van der Waals surface area contributed by atoms with Crippen LogP contribution in [0.2, 0.25) is 0 Å². The van der Waals surface area contributed by atoms with Gasteiger partial charge in [-0.15, -0.1) is 0 Å². The molecule has 0 aromatic heterocycles. The van der Waals surface area contributed by atoms with Gasteiger partial charge in [0.05, 0.1) is 5.92 Å². The molecule has 2 unspecified atom stereocenters. The van der Waals surface area contributed by atoms with Crippen LogP contribution in [0.25, 0.3) is 0 Å². The van der Waals surface area contributed by atoms with Gasteiger partial charge in [-0.1, -0.05) is 12.1 Å². The lowest BCUT2D eigenvalue weighted by Gasteiger charge is -2.24. The summed E-state index contributed by atoms with van der Waals surface area (Å²) in [5.41, 5.74) is 4.46. The minimum Gasteiger partial charge on any atom is -0.454 e. The van der Waals surface area contributed by atoms with E-state index in [1.165, 1.54) is 11.1 Å². The molecule has 2 saturated heterocycles. The van der Waals surface area contributed by atoms with Crippen molar-refractivity contribution in [1.82, 2.24) is 4.90 Å². The van der Waals surface area contributed by atoms with Gasteiger partial charge in [0.2, 0.25) is 18.6 Å². The second-order valence-electron chi connectivity index (χ2n) is 8.76. The van der Waals surface area contributed by atoms with Gasteiger partial charge in [-0.05, 0) is 61.2 Å². The van der Waals surface area contributed by atoms with Crippen LogP contribution in [0.15, 0.2) is 36.4 Å². The summed E-state index contributed by atoms with van der Waals surface area (Å²) in [4.78, 5) is 29.7. The average molecular weight is 453 g/mol. The summed E-state index contributed by atoms with van der Waals surface area (Å²) in [5.74, 6) is 2.35. The van der Waals surface area contributed by atoms with Crippen molar-refractivity contribution in [2.24, 2.45) is 5.92 Å². The van der Waals surface area contributed by atoms with E-state index in [-0.39, 0.29) is 24.5 Å². The predicted octanol–water partition coefficient (Wildman–Crippen LogP) is 4.09. The van der Waals surface area contributed by atoms with Gasteiger partial charge in [-0.3, -0.25) is 9.59 Å². The van der Waals surface area contributed by atoms with Crippen molar-refractivity contribution in [3.8, 4) is 11.5 Å². The highest BCUT2D eigenvalue weighted by atomic mass is 32.2. The highest BCUT2D eigenvalue weighted by Gasteiger charge is 2.38. The van der Waals surface area contributed by atoms with E-state index < -0.39 is 0 Å². The molecule has 0 saturated carbocycles. The van der Waals surface area contributed by atoms with E-state index in [1.807, 2.05) is 47.9 Å². The third-order valence-corrected chi connectivity index (χ3v) is 8.03. The average Bonchev–Trinajstić information content (AvgIpc) is 3.33. The molecule has 2 amide bonds.